The van der Waals surface area contributed by atoms with Gasteiger partial charge in [0, 0.05) is 14.1 Å². The molecule has 0 aliphatic carbocycles. The van der Waals surface area contributed by atoms with Crippen LogP contribution >= 0.6 is 11.8 Å². The van der Waals surface area contributed by atoms with Crippen LogP contribution < -0.4 is 15.2 Å². The van der Waals surface area contributed by atoms with Gasteiger partial charge in [-0.25, -0.2) is 4.98 Å². The third kappa shape index (κ3) is 3.73. The first kappa shape index (κ1) is 19.1. The van der Waals surface area contributed by atoms with Crippen molar-refractivity contribution in [3.05, 3.63) is 48.0 Å². The Kier molecular flexibility index (Phi) is 5.06. The van der Waals surface area contributed by atoms with Gasteiger partial charge < -0.3 is 24.7 Å². The van der Waals surface area contributed by atoms with E-state index in [1.807, 2.05) is 28.8 Å². The van der Waals surface area contributed by atoms with Crippen molar-refractivity contribution in [3.8, 4) is 11.5 Å². The van der Waals surface area contributed by atoms with E-state index in [-0.39, 0.29) is 19.2 Å². The van der Waals surface area contributed by atoms with Crippen molar-refractivity contribution in [2.75, 3.05) is 20.9 Å². The molecule has 1 aliphatic heterocycles. The van der Waals surface area contributed by atoms with Crippen LogP contribution in [0.15, 0.2) is 47.6 Å². The minimum Gasteiger partial charge on any atom is -0.454 e. The minimum absolute atomic E-state index is 0.0753. The van der Waals surface area contributed by atoms with E-state index in [0.29, 0.717) is 22.2 Å². The number of nitrogens with two attached hydrogens (primary N) is 1. The fourth-order valence-corrected chi connectivity index (χ4v) is 4.10. The highest BCUT2D eigenvalue weighted by molar-refractivity contribution is 8.00. The molecule has 1 aromatic heterocycles. The van der Waals surface area contributed by atoms with Crippen LogP contribution in [-0.2, 0) is 16.1 Å². The number of rotatable bonds is 6. The van der Waals surface area contributed by atoms with Crippen molar-refractivity contribution in [1.29, 1.82) is 0 Å². The molecular weight excluding hydrogens is 392 g/mol. The smallest absolute Gasteiger partial charge is 0.242 e. The zero-order valence-corrected chi connectivity index (χ0v) is 16.8. The van der Waals surface area contributed by atoms with Gasteiger partial charge in [-0.15, -0.1) is 0 Å². The van der Waals surface area contributed by atoms with Gasteiger partial charge in [0.1, 0.15) is 11.8 Å². The normalized spacial score (nSPS) is 13.4. The molecule has 150 valence electrons. The zero-order chi connectivity index (χ0) is 20.5. The third-order valence-corrected chi connectivity index (χ3v) is 5.86. The molecule has 4 rings (SSSR count). The summed E-state index contributed by atoms with van der Waals surface area (Å²) in [5.74, 6) is 0.622. The molecule has 0 spiro atoms. The average molecular weight is 412 g/mol. The molecule has 0 saturated carbocycles. The summed E-state index contributed by atoms with van der Waals surface area (Å²) in [6.45, 7) is 0.262. The quantitative estimate of drug-likeness (QED) is 0.623. The molecule has 2 amide bonds. The minimum atomic E-state index is -0.700. The van der Waals surface area contributed by atoms with Crippen molar-refractivity contribution in [1.82, 2.24) is 14.5 Å². The van der Waals surface area contributed by atoms with E-state index < -0.39 is 11.2 Å². The molecule has 2 N–H and O–H groups in total. The number of thioether (sulfide) groups is 1. The molecule has 2 aromatic carbocycles. The summed E-state index contributed by atoms with van der Waals surface area (Å²) in [5, 5.41) is -0.155. The highest BCUT2D eigenvalue weighted by atomic mass is 32.2. The molecule has 3 aromatic rings. The lowest BCUT2D eigenvalue weighted by atomic mass is 10.1. The van der Waals surface area contributed by atoms with Gasteiger partial charge in [0.15, 0.2) is 16.7 Å². The number of hydrogen-bond acceptors (Lipinski definition) is 6. The van der Waals surface area contributed by atoms with Gasteiger partial charge in [0.05, 0.1) is 11.0 Å². The molecular formula is C20H20N4O4S. The summed E-state index contributed by atoms with van der Waals surface area (Å²) >= 11 is 1.21. The summed E-state index contributed by atoms with van der Waals surface area (Å²) in [5.41, 5.74) is 7.96. The van der Waals surface area contributed by atoms with E-state index in [2.05, 4.69) is 4.98 Å². The molecule has 29 heavy (non-hydrogen) atoms. The van der Waals surface area contributed by atoms with Gasteiger partial charge in [-0.1, -0.05) is 30.0 Å². The maximum absolute atomic E-state index is 12.4. The first-order chi connectivity index (χ1) is 13.9. The van der Waals surface area contributed by atoms with Gasteiger partial charge in [0.25, 0.3) is 0 Å². The molecule has 2 heterocycles. The van der Waals surface area contributed by atoms with Crippen LogP contribution in [0.2, 0.25) is 0 Å². The van der Waals surface area contributed by atoms with Crippen LogP contribution in [0.5, 0.6) is 11.5 Å². The van der Waals surface area contributed by atoms with Crippen LogP contribution in [0, 0.1) is 0 Å². The van der Waals surface area contributed by atoms with Crippen molar-refractivity contribution < 1.29 is 19.1 Å². The van der Waals surface area contributed by atoms with Crippen LogP contribution in [0.4, 0.5) is 0 Å². The molecule has 1 atom stereocenters. The Morgan fingerprint density at radius 3 is 2.72 bits per heavy atom. The Morgan fingerprint density at radius 2 is 1.97 bits per heavy atom. The van der Waals surface area contributed by atoms with Crippen LogP contribution in [0.1, 0.15) is 10.8 Å². The summed E-state index contributed by atoms with van der Waals surface area (Å²) in [6, 6.07) is 12.8. The highest BCUT2D eigenvalue weighted by Crippen LogP contribution is 2.40. The number of likely N-dealkylation sites (N-methyl/N-ethyl adjacent to an activating group) is 1. The van der Waals surface area contributed by atoms with E-state index in [1.54, 1.807) is 32.3 Å². The molecule has 0 bridgehead atoms. The lowest BCUT2D eigenvalue weighted by molar-refractivity contribution is -0.129. The maximum atomic E-state index is 12.4. The number of imidazole rings is 1. The predicted molar refractivity (Wildman–Crippen MR) is 109 cm³/mol. The van der Waals surface area contributed by atoms with Gasteiger partial charge >= 0.3 is 0 Å². The number of nitrogens with zero attached hydrogens (tertiary/aromatic N) is 3. The number of hydrogen-bond donors (Lipinski definition) is 1. The topological polar surface area (TPSA) is 99.7 Å². The first-order valence-electron chi connectivity index (χ1n) is 8.95. The van der Waals surface area contributed by atoms with Gasteiger partial charge in [-0.05, 0) is 29.8 Å². The van der Waals surface area contributed by atoms with Gasteiger partial charge in [-0.3, -0.25) is 9.59 Å². The SMILES string of the molecule is CN(C)C(=O)Cn1c(SC(C(N)=O)c2ccc3c(c2)OCO3)nc2ccccc21. The van der Waals surface area contributed by atoms with Crippen LogP contribution in [-0.4, -0.2) is 47.2 Å². The standard InChI is InChI=1S/C20H20N4O4S/c1-23(2)17(25)10-24-14-6-4-3-5-13(14)22-20(24)29-18(19(21)26)12-7-8-15-16(9-12)28-11-27-15/h3-9,18H,10-11H2,1-2H3,(H2,21,26). The van der Waals surface area contributed by atoms with E-state index in [4.69, 9.17) is 15.2 Å². The Bertz CT molecular complexity index is 1100. The van der Waals surface area contributed by atoms with Gasteiger partial charge in [0.2, 0.25) is 18.6 Å². The number of carbonyl (C=O) groups excluding carboxylic acids is 2. The molecule has 0 fully saturated rings. The fraction of sp³-hybridized carbons (Fsp3) is 0.250. The molecule has 1 aliphatic rings. The van der Waals surface area contributed by atoms with Crippen LogP contribution in [0.3, 0.4) is 0 Å². The highest BCUT2D eigenvalue weighted by Gasteiger charge is 2.26. The van der Waals surface area contributed by atoms with E-state index in [1.165, 1.54) is 16.7 Å². The van der Waals surface area contributed by atoms with E-state index >= 15 is 0 Å². The lowest BCUT2D eigenvalue weighted by Crippen LogP contribution is -2.26. The summed E-state index contributed by atoms with van der Waals surface area (Å²) in [4.78, 5) is 30.8. The molecule has 8 nitrogen and oxygen atoms in total. The number of aromatic nitrogens is 2. The number of ether oxygens (including phenoxy) is 2. The number of benzene rings is 2. The van der Waals surface area contributed by atoms with Crippen molar-refractivity contribution in [3.63, 3.8) is 0 Å². The second-order valence-electron chi connectivity index (χ2n) is 6.77. The van der Waals surface area contributed by atoms with E-state index in [9.17, 15) is 9.59 Å². The van der Waals surface area contributed by atoms with E-state index in [0.717, 1.165) is 11.0 Å². The predicted octanol–water partition coefficient (Wildman–Crippen LogP) is 2.17. The maximum Gasteiger partial charge on any atom is 0.242 e. The number of carbonyl (C=O) groups is 2. The Morgan fingerprint density at radius 1 is 1.21 bits per heavy atom. The number of primary amides is 1. The second-order valence-corrected chi connectivity index (χ2v) is 7.84. The molecule has 1 unspecified atom stereocenters. The van der Waals surface area contributed by atoms with Crippen LogP contribution in [0.25, 0.3) is 11.0 Å². The Balaban J connectivity index is 1.73. The van der Waals surface area contributed by atoms with Gasteiger partial charge in [-0.2, -0.15) is 0 Å². The summed E-state index contributed by atoms with van der Waals surface area (Å²) in [7, 11) is 3.40. The summed E-state index contributed by atoms with van der Waals surface area (Å²) in [6.07, 6.45) is 0. The van der Waals surface area contributed by atoms with Crippen molar-refractivity contribution in [2.24, 2.45) is 5.73 Å². The molecule has 9 heteroatoms. The average Bonchev–Trinajstić information content (AvgIpc) is 3.29. The second kappa shape index (κ2) is 7.67. The largest absolute Gasteiger partial charge is 0.454 e. The lowest BCUT2D eigenvalue weighted by Gasteiger charge is -2.16. The number of para-hydroxylation sites is 2. The Hall–Kier alpha value is -3.20. The molecule has 0 radical (unpaired) electrons. The Labute approximate surface area is 171 Å². The number of fused-ring (bicyclic) bond motifs is 2. The van der Waals surface area contributed by atoms with Crippen molar-refractivity contribution in [2.45, 2.75) is 17.0 Å². The van der Waals surface area contributed by atoms with Crippen molar-refractivity contribution >= 4 is 34.6 Å². The number of amides is 2. The molecule has 0 saturated heterocycles. The third-order valence-electron chi connectivity index (χ3n) is 4.59. The monoisotopic (exact) mass is 412 g/mol. The first-order valence-corrected chi connectivity index (χ1v) is 9.83. The fourth-order valence-electron chi connectivity index (χ4n) is 3.04. The zero-order valence-electron chi connectivity index (χ0n) is 16.0. The summed E-state index contributed by atoms with van der Waals surface area (Å²) < 4.78 is 12.6.